The number of unbranched alkanes of at least 4 members (excludes halogenated alkanes) is 2. The van der Waals surface area contributed by atoms with E-state index in [-0.39, 0.29) is 5.91 Å². The molecule has 1 heterocycles. The zero-order chi connectivity index (χ0) is 12.8. The van der Waals surface area contributed by atoms with Crippen LogP contribution in [0.2, 0.25) is 0 Å². The molecule has 18 heavy (non-hydrogen) atoms. The molecular weight excluding hydrogens is 224 g/mol. The summed E-state index contributed by atoms with van der Waals surface area (Å²) in [4.78, 5) is 15.1. The van der Waals surface area contributed by atoms with Crippen LogP contribution in [0.5, 0.6) is 0 Å². The van der Waals surface area contributed by atoms with Gasteiger partial charge in [-0.25, -0.2) is 0 Å². The van der Waals surface area contributed by atoms with Gasteiger partial charge in [0.2, 0.25) is 0 Å². The minimum absolute atomic E-state index is 0.0269. The fourth-order valence-electron chi connectivity index (χ4n) is 1.93. The SMILES string of the molecule is C#CCCCCNC(=O)c1cccc2[nH]ccc12. The lowest BCUT2D eigenvalue weighted by atomic mass is 10.1. The number of aromatic amines is 1. The number of fused-ring (bicyclic) bond motifs is 1. The highest BCUT2D eigenvalue weighted by Gasteiger charge is 2.09. The number of aromatic nitrogens is 1. The van der Waals surface area contributed by atoms with Crippen LogP contribution in [-0.4, -0.2) is 17.4 Å². The topological polar surface area (TPSA) is 44.9 Å². The van der Waals surface area contributed by atoms with Crippen LogP contribution in [0.3, 0.4) is 0 Å². The minimum Gasteiger partial charge on any atom is -0.361 e. The van der Waals surface area contributed by atoms with Crippen LogP contribution in [0.25, 0.3) is 10.9 Å². The largest absolute Gasteiger partial charge is 0.361 e. The fourth-order valence-corrected chi connectivity index (χ4v) is 1.93. The van der Waals surface area contributed by atoms with E-state index in [1.165, 1.54) is 0 Å². The number of amides is 1. The van der Waals surface area contributed by atoms with Crippen molar-refractivity contribution in [2.45, 2.75) is 19.3 Å². The van der Waals surface area contributed by atoms with E-state index in [1.54, 1.807) is 0 Å². The standard InChI is InChI=1S/C15H16N2O/c1-2-3-4-5-10-17-15(18)13-7-6-8-14-12(13)9-11-16-14/h1,6-9,11,16H,3-5,10H2,(H,17,18). The first kappa shape index (κ1) is 12.3. The van der Waals surface area contributed by atoms with Crippen LogP contribution in [0.15, 0.2) is 30.5 Å². The molecule has 0 aliphatic rings. The monoisotopic (exact) mass is 240 g/mol. The summed E-state index contributed by atoms with van der Waals surface area (Å²) in [6, 6.07) is 7.60. The first-order valence-corrected chi connectivity index (χ1v) is 6.10. The molecule has 3 nitrogen and oxygen atoms in total. The Morgan fingerprint density at radius 2 is 2.22 bits per heavy atom. The van der Waals surface area contributed by atoms with Gasteiger partial charge in [-0.15, -0.1) is 12.3 Å². The average molecular weight is 240 g/mol. The Kier molecular flexibility index (Phi) is 4.03. The van der Waals surface area contributed by atoms with E-state index in [0.29, 0.717) is 12.1 Å². The third-order valence-corrected chi connectivity index (χ3v) is 2.87. The molecule has 0 spiro atoms. The van der Waals surface area contributed by atoms with Gasteiger partial charge in [-0.1, -0.05) is 6.07 Å². The second-order valence-electron chi connectivity index (χ2n) is 4.16. The Morgan fingerprint density at radius 1 is 1.33 bits per heavy atom. The average Bonchev–Trinajstić information content (AvgIpc) is 2.86. The summed E-state index contributed by atoms with van der Waals surface area (Å²) in [6.07, 6.45) is 9.65. The van der Waals surface area contributed by atoms with E-state index < -0.39 is 0 Å². The maximum Gasteiger partial charge on any atom is 0.251 e. The molecule has 2 rings (SSSR count). The molecule has 2 aromatic rings. The smallest absolute Gasteiger partial charge is 0.251 e. The molecule has 1 aromatic heterocycles. The third kappa shape index (κ3) is 2.72. The van der Waals surface area contributed by atoms with E-state index in [0.717, 1.165) is 30.2 Å². The van der Waals surface area contributed by atoms with E-state index in [2.05, 4.69) is 16.2 Å². The Labute approximate surface area is 107 Å². The van der Waals surface area contributed by atoms with Crippen LogP contribution < -0.4 is 5.32 Å². The normalized spacial score (nSPS) is 10.2. The van der Waals surface area contributed by atoms with Crippen LogP contribution in [-0.2, 0) is 0 Å². The molecule has 0 unspecified atom stereocenters. The summed E-state index contributed by atoms with van der Waals surface area (Å²) in [5.41, 5.74) is 1.70. The van der Waals surface area contributed by atoms with Crippen molar-refractivity contribution < 1.29 is 4.79 Å². The molecule has 0 saturated heterocycles. The molecule has 1 aromatic carbocycles. The lowest BCUT2D eigenvalue weighted by Gasteiger charge is -2.05. The predicted molar refractivity (Wildman–Crippen MR) is 73.3 cm³/mol. The summed E-state index contributed by atoms with van der Waals surface area (Å²) >= 11 is 0. The van der Waals surface area contributed by atoms with E-state index in [1.807, 2.05) is 30.5 Å². The van der Waals surface area contributed by atoms with Gasteiger partial charge in [0.1, 0.15) is 0 Å². The Bertz CT molecular complexity index is 577. The Hall–Kier alpha value is -2.21. The van der Waals surface area contributed by atoms with Gasteiger partial charge in [0.15, 0.2) is 0 Å². The number of rotatable bonds is 5. The third-order valence-electron chi connectivity index (χ3n) is 2.87. The zero-order valence-electron chi connectivity index (χ0n) is 10.2. The second kappa shape index (κ2) is 5.92. The van der Waals surface area contributed by atoms with Crippen LogP contribution >= 0.6 is 0 Å². The van der Waals surface area contributed by atoms with Gasteiger partial charge in [-0.3, -0.25) is 4.79 Å². The molecular formula is C15H16N2O. The first-order chi connectivity index (χ1) is 8.83. The number of H-pyrrole nitrogens is 1. The highest BCUT2D eigenvalue weighted by Crippen LogP contribution is 2.17. The number of terminal acetylenes is 1. The molecule has 0 saturated carbocycles. The van der Waals surface area contributed by atoms with Gasteiger partial charge in [0.05, 0.1) is 0 Å². The summed E-state index contributed by atoms with van der Waals surface area (Å²) in [7, 11) is 0. The van der Waals surface area contributed by atoms with Gasteiger partial charge in [0, 0.05) is 35.6 Å². The molecule has 2 N–H and O–H groups in total. The van der Waals surface area contributed by atoms with Gasteiger partial charge in [-0.05, 0) is 31.0 Å². The first-order valence-electron chi connectivity index (χ1n) is 6.10. The van der Waals surface area contributed by atoms with Crippen molar-refractivity contribution in [3.8, 4) is 12.3 Å². The number of hydrogen-bond acceptors (Lipinski definition) is 1. The number of carbonyl (C=O) groups excluding carboxylic acids is 1. The molecule has 0 atom stereocenters. The molecule has 0 aliphatic carbocycles. The molecule has 3 heteroatoms. The van der Waals surface area contributed by atoms with E-state index >= 15 is 0 Å². The fraction of sp³-hybridized carbons (Fsp3) is 0.267. The van der Waals surface area contributed by atoms with Crippen molar-refractivity contribution in [2.75, 3.05) is 6.54 Å². The maximum atomic E-state index is 12.0. The minimum atomic E-state index is -0.0269. The number of benzene rings is 1. The quantitative estimate of drug-likeness (QED) is 0.612. The molecule has 0 bridgehead atoms. The van der Waals surface area contributed by atoms with Crippen LogP contribution in [0, 0.1) is 12.3 Å². The molecule has 0 radical (unpaired) electrons. The molecule has 92 valence electrons. The van der Waals surface area contributed by atoms with Crippen LogP contribution in [0.1, 0.15) is 29.6 Å². The van der Waals surface area contributed by atoms with Crippen molar-refractivity contribution in [1.29, 1.82) is 0 Å². The van der Waals surface area contributed by atoms with Gasteiger partial charge < -0.3 is 10.3 Å². The highest BCUT2D eigenvalue weighted by molar-refractivity contribution is 6.06. The van der Waals surface area contributed by atoms with Crippen molar-refractivity contribution in [2.24, 2.45) is 0 Å². The van der Waals surface area contributed by atoms with E-state index in [4.69, 9.17) is 6.42 Å². The predicted octanol–water partition coefficient (Wildman–Crippen LogP) is 2.70. The number of nitrogens with one attached hydrogen (secondary N) is 2. The summed E-state index contributed by atoms with van der Waals surface area (Å²) in [6.45, 7) is 0.668. The summed E-state index contributed by atoms with van der Waals surface area (Å²) in [5.74, 6) is 2.56. The highest BCUT2D eigenvalue weighted by atomic mass is 16.1. The number of carbonyl (C=O) groups is 1. The van der Waals surface area contributed by atoms with Gasteiger partial charge in [-0.2, -0.15) is 0 Å². The van der Waals surface area contributed by atoms with Crippen molar-refractivity contribution in [3.05, 3.63) is 36.0 Å². The second-order valence-corrected chi connectivity index (χ2v) is 4.16. The molecule has 0 aliphatic heterocycles. The van der Waals surface area contributed by atoms with Crippen LogP contribution in [0.4, 0.5) is 0 Å². The molecule has 0 fully saturated rings. The van der Waals surface area contributed by atoms with Gasteiger partial charge >= 0.3 is 0 Å². The zero-order valence-corrected chi connectivity index (χ0v) is 10.2. The lowest BCUT2D eigenvalue weighted by Crippen LogP contribution is -2.24. The number of hydrogen-bond donors (Lipinski definition) is 2. The van der Waals surface area contributed by atoms with E-state index in [9.17, 15) is 4.79 Å². The van der Waals surface area contributed by atoms with Crippen molar-refractivity contribution >= 4 is 16.8 Å². The maximum absolute atomic E-state index is 12.0. The summed E-state index contributed by atoms with van der Waals surface area (Å²) < 4.78 is 0. The Balaban J connectivity index is 1.97. The molecule has 1 amide bonds. The lowest BCUT2D eigenvalue weighted by molar-refractivity contribution is 0.0954. The Morgan fingerprint density at radius 3 is 3.06 bits per heavy atom. The van der Waals surface area contributed by atoms with Crippen molar-refractivity contribution in [1.82, 2.24) is 10.3 Å². The summed E-state index contributed by atoms with van der Waals surface area (Å²) in [5, 5.41) is 3.88. The van der Waals surface area contributed by atoms with Gasteiger partial charge in [0.25, 0.3) is 5.91 Å². The van der Waals surface area contributed by atoms with Crippen molar-refractivity contribution in [3.63, 3.8) is 0 Å².